The third-order valence-corrected chi connectivity index (χ3v) is 4.30. The molecule has 1 saturated heterocycles. The van der Waals surface area contributed by atoms with Crippen molar-refractivity contribution in [3.63, 3.8) is 0 Å². The fourth-order valence-electron chi connectivity index (χ4n) is 2.11. The maximum atomic E-state index is 12.4. The highest BCUT2D eigenvalue weighted by atomic mass is 32.2. The monoisotopic (exact) mass is 309 g/mol. The first-order chi connectivity index (χ1) is 9.79. The zero-order valence-electron chi connectivity index (χ0n) is 12.3. The maximum absolute atomic E-state index is 12.4. The molecule has 2 atom stereocenters. The SMILES string of the molecule is CC(C)(C)OC(=O)N1C(c2ccccc2)SC[C@@H]1C(=O)O. The van der Waals surface area contributed by atoms with Gasteiger partial charge in [-0.05, 0) is 26.3 Å². The number of carboxylic acids is 1. The molecule has 1 aliphatic heterocycles. The van der Waals surface area contributed by atoms with Crippen LogP contribution in [0, 0.1) is 0 Å². The van der Waals surface area contributed by atoms with Crippen molar-refractivity contribution in [1.29, 1.82) is 0 Å². The molecule has 114 valence electrons. The van der Waals surface area contributed by atoms with Crippen LogP contribution in [0.2, 0.25) is 0 Å². The van der Waals surface area contributed by atoms with Gasteiger partial charge in [-0.15, -0.1) is 11.8 Å². The van der Waals surface area contributed by atoms with Crippen molar-refractivity contribution in [2.24, 2.45) is 0 Å². The van der Waals surface area contributed by atoms with Gasteiger partial charge in [0.15, 0.2) is 0 Å². The predicted molar refractivity (Wildman–Crippen MR) is 81.1 cm³/mol. The summed E-state index contributed by atoms with van der Waals surface area (Å²) >= 11 is 1.44. The number of amides is 1. The average Bonchev–Trinajstić information content (AvgIpc) is 2.82. The second-order valence-corrected chi connectivity index (χ2v) is 6.95. The second kappa shape index (κ2) is 5.97. The summed E-state index contributed by atoms with van der Waals surface area (Å²) in [6.45, 7) is 5.30. The summed E-state index contributed by atoms with van der Waals surface area (Å²) in [7, 11) is 0. The molecule has 0 bridgehead atoms. The minimum Gasteiger partial charge on any atom is -0.480 e. The van der Waals surface area contributed by atoms with Crippen molar-refractivity contribution in [3.8, 4) is 0 Å². The first kappa shape index (κ1) is 15.7. The molecule has 0 saturated carbocycles. The molecule has 21 heavy (non-hydrogen) atoms. The normalized spacial score (nSPS) is 22.1. The number of carbonyl (C=O) groups excluding carboxylic acids is 1. The average molecular weight is 309 g/mol. The molecule has 2 rings (SSSR count). The molecule has 0 radical (unpaired) electrons. The van der Waals surface area contributed by atoms with E-state index in [1.165, 1.54) is 16.7 Å². The van der Waals surface area contributed by atoms with Crippen LogP contribution in [0.25, 0.3) is 0 Å². The Morgan fingerprint density at radius 1 is 1.29 bits per heavy atom. The van der Waals surface area contributed by atoms with E-state index in [4.69, 9.17) is 4.74 Å². The number of thioether (sulfide) groups is 1. The van der Waals surface area contributed by atoms with E-state index in [1.54, 1.807) is 20.8 Å². The fourth-order valence-corrected chi connectivity index (χ4v) is 3.52. The molecule has 0 aliphatic carbocycles. The van der Waals surface area contributed by atoms with Gasteiger partial charge in [-0.2, -0.15) is 0 Å². The lowest BCUT2D eigenvalue weighted by atomic mass is 10.2. The van der Waals surface area contributed by atoms with Gasteiger partial charge in [0.25, 0.3) is 0 Å². The number of rotatable bonds is 2. The lowest BCUT2D eigenvalue weighted by Crippen LogP contribution is -2.45. The van der Waals surface area contributed by atoms with E-state index in [-0.39, 0.29) is 5.37 Å². The van der Waals surface area contributed by atoms with Gasteiger partial charge >= 0.3 is 12.1 Å². The molecule has 1 unspecified atom stereocenters. The van der Waals surface area contributed by atoms with Gasteiger partial charge in [0.2, 0.25) is 0 Å². The highest BCUT2D eigenvalue weighted by Gasteiger charge is 2.44. The summed E-state index contributed by atoms with van der Waals surface area (Å²) in [5.74, 6) is -0.652. The minimum absolute atomic E-state index is 0.331. The van der Waals surface area contributed by atoms with Crippen molar-refractivity contribution in [1.82, 2.24) is 4.90 Å². The first-order valence-corrected chi connectivity index (χ1v) is 7.75. The Kier molecular flexibility index (Phi) is 4.46. The number of benzene rings is 1. The van der Waals surface area contributed by atoms with Crippen molar-refractivity contribution >= 4 is 23.8 Å². The minimum atomic E-state index is -1.01. The number of hydrogen-bond acceptors (Lipinski definition) is 4. The van der Waals surface area contributed by atoms with Crippen molar-refractivity contribution in [2.75, 3.05) is 5.75 Å². The van der Waals surface area contributed by atoms with E-state index >= 15 is 0 Å². The van der Waals surface area contributed by atoms with Gasteiger partial charge in [-0.3, -0.25) is 4.90 Å². The summed E-state index contributed by atoms with van der Waals surface area (Å²) in [5, 5.41) is 9.00. The van der Waals surface area contributed by atoms with Gasteiger partial charge in [0.05, 0.1) is 0 Å². The lowest BCUT2D eigenvalue weighted by Gasteiger charge is -2.30. The zero-order chi connectivity index (χ0) is 15.6. The first-order valence-electron chi connectivity index (χ1n) is 6.70. The van der Waals surface area contributed by atoms with Crippen LogP contribution in [0.1, 0.15) is 31.7 Å². The standard InChI is InChI=1S/C15H19NO4S/c1-15(2,3)20-14(19)16-11(13(17)18)9-21-12(16)10-7-5-4-6-8-10/h4-8,11-12H,9H2,1-3H3,(H,17,18)/t11-,12?/m1/s1. The highest BCUT2D eigenvalue weighted by molar-refractivity contribution is 7.99. The summed E-state index contributed by atoms with van der Waals surface area (Å²) in [5.41, 5.74) is 0.242. The maximum Gasteiger partial charge on any atom is 0.412 e. The Labute approximate surface area is 128 Å². The molecule has 1 N–H and O–H groups in total. The molecule has 1 amide bonds. The van der Waals surface area contributed by atoms with Crippen molar-refractivity contribution in [2.45, 2.75) is 37.8 Å². The van der Waals surface area contributed by atoms with E-state index in [0.29, 0.717) is 5.75 Å². The molecule has 1 heterocycles. The Balaban J connectivity index is 2.29. The van der Waals surface area contributed by atoms with Crippen LogP contribution in [0.4, 0.5) is 4.79 Å². The van der Waals surface area contributed by atoms with Crippen LogP contribution in [0.15, 0.2) is 30.3 Å². The van der Waals surface area contributed by atoms with Crippen LogP contribution in [-0.2, 0) is 9.53 Å². The van der Waals surface area contributed by atoms with Crippen LogP contribution < -0.4 is 0 Å². The van der Waals surface area contributed by atoms with Crippen LogP contribution in [0.5, 0.6) is 0 Å². The van der Waals surface area contributed by atoms with E-state index in [0.717, 1.165) is 5.56 Å². The number of hydrogen-bond donors (Lipinski definition) is 1. The lowest BCUT2D eigenvalue weighted by molar-refractivity contribution is -0.142. The number of nitrogens with zero attached hydrogens (tertiary/aromatic N) is 1. The predicted octanol–water partition coefficient (Wildman–Crippen LogP) is 3.12. The summed E-state index contributed by atoms with van der Waals surface area (Å²) in [4.78, 5) is 25.1. The van der Waals surface area contributed by atoms with Gasteiger partial charge < -0.3 is 9.84 Å². The third kappa shape index (κ3) is 3.69. The summed E-state index contributed by atoms with van der Waals surface area (Å²) in [6, 6.07) is 8.54. The molecule has 1 aromatic carbocycles. The van der Waals surface area contributed by atoms with E-state index in [2.05, 4.69) is 0 Å². The van der Waals surface area contributed by atoms with E-state index in [9.17, 15) is 14.7 Å². The van der Waals surface area contributed by atoms with Gasteiger partial charge in [-0.25, -0.2) is 9.59 Å². The Hall–Kier alpha value is -1.69. The van der Waals surface area contributed by atoms with Crippen molar-refractivity contribution < 1.29 is 19.4 Å². The zero-order valence-corrected chi connectivity index (χ0v) is 13.1. The number of carbonyl (C=O) groups is 2. The summed E-state index contributed by atoms with van der Waals surface area (Å²) in [6.07, 6.45) is -0.589. The number of ether oxygens (including phenoxy) is 1. The highest BCUT2D eigenvalue weighted by Crippen LogP contribution is 2.42. The van der Waals surface area contributed by atoms with Gasteiger partial charge in [-0.1, -0.05) is 30.3 Å². The molecular formula is C15H19NO4S. The van der Waals surface area contributed by atoms with Gasteiger partial charge in [0, 0.05) is 5.75 Å². The molecule has 1 fully saturated rings. The molecule has 1 aliphatic rings. The van der Waals surface area contributed by atoms with Crippen molar-refractivity contribution in [3.05, 3.63) is 35.9 Å². The number of aliphatic carboxylic acids is 1. The Morgan fingerprint density at radius 2 is 1.90 bits per heavy atom. The number of carboxylic acid groups (broad SMARTS) is 1. The third-order valence-electron chi connectivity index (χ3n) is 2.97. The molecular weight excluding hydrogens is 290 g/mol. The Bertz CT molecular complexity index is 526. The fraction of sp³-hybridized carbons (Fsp3) is 0.467. The van der Waals surface area contributed by atoms with Crippen LogP contribution >= 0.6 is 11.8 Å². The molecule has 0 aromatic heterocycles. The van der Waals surface area contributed by atoms with Crippen LogP contribution in [-0.4, -0.2) is 39.5 Å². The Morgan fingerprint density at radius 3 is 2.43 bits per heavy atom. The molecule has 5 nitrogen and oxygen atoms in total. The second-order valence-electron chi connectivity index (χ2n) is 5.84. The molecule has 6 heteroatoms. The smallest absolute Gasteiger partial charge is 0.412 e. The largest absolute Gasteiger partial charge is 0.480 e. The quantitative estimate of drug-likeness (QED) is 0.909. The molecule has 0 spiro atoms. The van der Waals surface area contributed by atoms with E-state index in [1.807, 2.05) is 30.3 Å². The van der Waals surface area contributed by atoms with E-state index < -0.39 is 23.7 Å². The van der Waals surface area contributed by atoms with Crippen LogP contribution in [0.3, 0.4) is 0 Å². The topological polar surface area (TPSA) is 66.8 Å². The summed E-state index contributed by atoms with van der Waals surface area (Å²) < 4.78 is 5.36. The molecule has 1 aromatic rings. The van der Waals surface area contributed by atoms with Gasteiger partial charge in [0.1, 0.15) is 17.0 Å².